The zero-order valence-corrected chi connectivity index (χ0v) is 11.8. The average molecular weight is 287 g/mol. The fourth-order valence-corrected chi connectivity index (χ4v) is 2.71. The molecule has 21 heavy (non-hydrogen) atoms. The summed E-state index contributed by atoms with van der Waals surface area (Å²) in [5, 5.41) is 0. The maximum Gasteiger partial charge on any atom is 0.290 e. The van der Waals surface area contributed by atoms with Gasteiger partial charge in [-0.1, -0.05) is 0 Å². The van der Waals surface area contributed by atoms with Crippen molar-refractivity contribution >= 4 is 17.3 Å². The van der Waals surface area contributed by atoms with Crippen molar-refractivity contribution in [2.75, 3.05) is 23.7 Å². The lowest BCUT2D eigenvalue weighted by molar-refractivity contribution is 0.0790. The largest absolute Gasteiger partial charge is 0.399 e. The zero-order chi connectivity index (χ0) is 15.0. The molecule has 110 valence electrons. The van der Waals surface area contributed by atoms with Crippen LogP contribution in [0.1, 0.15) is 22.5 Å². The predicted octanol–water partition coefficient (Wildman–Crippen LogP) is 1.42. The highest BCUT2D eigenvalue weighted by molar-refractivity contribution is 5.83. The van der Waals surface area contributed by atoms with E-state index in [0.29, 0.717) is 5.76 Å². The number of hydrogen-bond donors (Lipinski definition) is 1. The number of benzene rings is 1. The van der Waals surface area contributed by atoms with E-state index in [1.165, 1.54) is 6.07 Å². The van der Waals surface area contributed by atoms with Crippen molar-refractivity contribution in [1.29, 1.82) is 0 Å². The Kier molecular flexibility index (Phi) is 3.29. The van der Waals surface area contributed by atoms with Gasteiger partial charge >= 0.3 is 0 Å². The minimum Gasteiger partial charge on any atom is -0.399 e. The number of carbonyl (C=O) groups is 1. The summed E-state index contributed by atoms with van der Waals surface area (Å²) >= 11 is 0. The number of nitrogens with zero attached hydrogens (tertiary/aromatic N) is 2. The molecule has 2 aromatic rings. The number of carbonyl (C=O) groups excluding carboxylic acids is 1. The number of aromatic nitrogens is 1. The predicted molar refractivity (Wildman–Crippen MR) is 79.7 cm³/mol. The molecule has 2 N–H and O–H groups in total. The summed E-state index contributed by atoms with van der Waals surface area (Å²) in [6, 6.07) is 7.00. The van der Waals surface area contributed by atoms with E-state index in [0.717, 1.165) is 41.1 Å². The number of aryl methyl sites for hydroxylation is 2. The van der Waals surface area contributed by atoms with E-state index in [2.05, 4.69) is 0 Å². The van der Waals surface area contributed by atoms with Gasteiger partial charge in [0.15, 0.2) is 0 Å². The van der Waals surface area contributed by atoms with E-state index < -0.39 is 5.56 Å². The molecule has 0 unspecified atom stereocenters. The van der Waals surface area contributed by atoms with Crippen LogP contribution in [0.4, 0.5) is 11.4 Å². The average Bonchev–Trinajstić information content (AvgIpc) is 2.77. The fourth-order valence-electron chi connectivity index (χ4n) is 2.71. The first-order valence-electron chi connectivity index (χ1n) is 6.91. The smallest absolute Gasteiger partial charge is 0.290 e. The monoisotopic (exact) mass is 287 g/mol. The summed E-state index contributed by atoms with van der Waals surface area (Å²) in [5.74, 6) is 0.0675. The van der Waals surface area contributed by atoms with Crippen LogP contribution >= 0.6 is 0 Å². The minimum absolute atomic E-state index is 0.115. The third-order valence-electron chi connectivity index (χ3n) is 3.63. The number of nitrogen functional groups attached to an aromatic ring is 1. The molecular weight excluding hydrogens is 270 g/mol. The second-order valence-electron chi connectivity index (χ2n) is 5.29. The van der Waals surface area contributed by atoms with Crippen LogP contribution in [0.15, 0.2) is 33.6 Å². The molecule has 1 aliphatic heterocycles. The summed E-state index contributed by atoms with van der Waals surface area (Å²) < 4.78 is 5.95. The Morgan fingerprint density at radius 1 is 1.38 bits per heavy atom. The van der Waals surface area contributed by atoms with Crippen LogP contribution in [0.25, 0.3) is 0 Å². The van der Waals surface area contributed by atoms with E-state index in [9.17, 15) is 9.59 Å². The van der Waals surface area contributed by atoms with Crippen LogP contribution in [0.5, 0.6) is 0 Å². The molecule has 1 aliphatic rings. The first kappa shape index (κ1) is 13.5. The third-order valence-corrected chi connectivity index (χ3v) is 3.63. The summed E-state index contributed by atoms with van der Waals surface area (Å²) in [4.78, 5) is 25.8. The Morgan fingerprint density at radius 2 is 2.19 bits per heavy atom. The number of nitrogens with two attached hydrogens (primary N) is 1. The van der Waals surface area contributed by atoms with E-state index in [1.807, 2.05) is 23.1 Å². The van der Waals surface area contributed by atoms with Crippen molar-refractivity contribution in [3.8, 4) is 0 Å². The van der Waals surface area contributed by atoms with Crippen molar-refractivity contribution in [2.24, 2.45) is 0 Å². The van der Waals surface area contributed by atoms with Crippen molar-refractivity contribution in [3.63, 3.8) is 0 Å². The Bertz CT molecular complexity index is 745. The molecule has 2 heterocycles. The lowest BCUT2D eigenvalue weighted by Gasteiger charge is -2.30. The van der Waals surface area contributed by atoms with Gasteiger partial charge in [0.05, 0.1) is 0 Å². The van der Waals surface area contributed by atoms with Gasteiger partial charge in [0.2, 0.25) is 0 Å². The molecule has 0 saturated heterocycles. The summed E-state index contributed by atoms with van der Waals surface area (Å²) in [7, 11) is 0. The lowest BCUT2D eigenvalue weighted by atomic mass is 10.0. The molecule has 0 saturated carbocycles. The number of rotatable bonds is 2. The summed E-state index contributed by atoms with van der Waals surface area (Å²) in [5.41, 5.74) is 8.23. The highest BCUT2D eigenvalue weighted by Gasteiger charge is 2.21. The number of hydrogen-bond acceptors (Lipinski definition) is 5. The van der Waals surface area contributed by atoms with Crippen LogP contribution in [-0.4, -0.2) is 23.7 Å². The minimum atomic E-state index is -0.424. The number of anilines is 2. The molecule has 0 radical (unpaired) electrons. The molecule has 1 aromatic carbocycles. The topological polar surface area (TPSA) is 81.5 Å². The van der Waals surface area contributed by atoms with Gasteiger partial charge in [0.25, 0.3) is 11.5 Å². The molecular formula is C15H17N3O3. The zero-order valence-electron chi connectivity index (χ0n) is 11.8. The molecule has 0 atom stereocenters. The molecule has 0 spiro atoms. The molecule has 3 rings (SSSR count). The summed E-state index contributed by atoms with van der Waals surface area (Å²) in [6.07, 6.45) is 1.90. The van der Waals surface area contributed by atoms with Gasteiger partial charge in [0.1, 0.15) is 12.3 Å². The van der Waals surface area contributed by atoms with Gasteiger partial charge in [-0.15, -0.1) is 4.74 Å². The molecule has 0 amide bonds. The molecule has 6 nitrogen and oxygen atoms in total. The highest BCUT2D eigenvalue weighted by atomic mass is 16.5. The van der Waals surface area contributed by atoms with E-state index in [1.54, 1.807) is 6.92 Å². The fraction of sp³-hybridized carbons (Fsp3) is 0.333. The van der Waals surface area contributed by atoms with Crippen LogP contribution in [0.3, 0.4) is 0 Å². The van der Waals surface area contributed by atoms with Gasteiger partial charge in [-0.2, -0.15) is 0 Å². The first-order valence-corrected chi connectivity index (χ1v) is 6.91. The van der Waals surface area contributed by atoms with E-state index >= 15 is 0 Å². The van der Waals surface area contributed by atoms with Crippen LogP contribution in [-0.2, 0) is 6.42 Å². The molecule has 0 bridgehead atoms. The second kappa shape index (κ2) is 5.12. The molecule has 0 aliphatic carbocycles. The summed E-state index contributed by atoms with van der Waals surface area (Å²) in [6.45, 7) is 2.53. The SMILES string of the molecule is Cc1cc(=O)n(C(=O)CN2CCCc3cc(N)ccc32)o1. The molecule has 0 fully saturated rings. The van der Waals surface area contributed by atoms with Gasteiger partial charge in [-0.25, -0.2) is 0 Å². The Morgan fingerprint density at radius 3 is 2.90 bits per heavy atom. The highest BCUT2D eigenvalue weighted by Crippen LogP contribution is 2.28. The quantitative estimate of drug-likeness (QED) is 0.845. The van der Waals surface area contributed by atoms with Crippen molar-refractivity contribution < 1.29 is 9.32 Å². The van der Waals surface area contributed by atoms with Gasteiger partial charge < -0.3 is 15.2 Å². The Balaban J connectivity index is 1.85. The van der Waals surface area contributed by atoms with Crippen molar-refractivity contribution in [1.82, 2.24) is 4.74 Å². The molecule has 6 heteroatoms. The first-order chi connectivity index (χ1) is 10.0. The molecule has 1 aromatic heterocycles. The van der Waals surface area contributed by atoms with Crippen molar-refractivity contribution in [2.45, 2.75) is 19.8 Å². The third kappa shape index (κ3) is 2.56. The Labute approximate surface area is 121 Å². The van der Waals surface area contributed by atoms with Crippen LogP contribution in [0.2, 0.25) is 0 Å². The van der Waals surface area contributed by atoms with Gasteiger partial charge in [-0.05, 0) is 43.5 Å². The van der Waals surface area contributed by atoms with Gasteiger partial charge in [0, 0.05) is 24.0 Å². The van der Waals surface area contributed by atoms with E-state index in [4.69, 9.17) is 10.3 Å². The lowest BCUT2D eigenvalue weighted by Crippen LogP contribution is -2.38. The van der Waals surface area contributed by atoms with Crippen molar-refractivity contribution in [3.05, 3.63) is 45.9 Å². The Hall–Kier alpha value is -2.50. The van der Waals surface area contributed by atoms with Crippen LogP contribution in [0, 0.1) is 6.92 Å². The second-order valence-corrected chi connectivity index (χ2v) is 5.29. The van der Waals surface area contributed by atoms with Crippen LogP contribution < -0.4 is 16.2 Å². The van der Waals surface area contributed by atoms with E-state index in [-0.39, 0.29) is 12.5 Å². The normalized spacial score (nSPS) is 14.0. The number of fused-ring (bicyclic) bond motifs is 1. The maximum absolute atomic E-state index is 12.2. The van der Waals surface area contributed by atoms with Gasteiger partial charge in [-0.3, -0.25) is 9.59 Å². The maximum atomic E-state index is 12.2. The standard InChI is InChI=1S/C15H17N3O3/c1-10-7-14(19)18(21-10)15(20)9-17-6-2-3-11-8-12(16)4-5-13(11)17/h4-5,7-8H,2-3,6,9,16H2,1H3.